The van der Waals surface area contributed by atoms with E-state index in [1.807, 2.05) is 24.4 Å². The predicted molar refractivity (Wildman–Crippen MR) is 103 cm³/mol. The van der Waals surface area contributed by atoms with Crippen LogP contribution in [0.3, 0.4) is 0 Å². The highest BCUT2D eigenvalue weighted by atomic mass is 16.5. The average Bonchev–Trinajstić information content (AvgIpc) is 2.60. The minimum Gasteiger partial charge on any atom is -0.497 e. The summed E-state index contributed by atoms with van der Waals surface area (Å²) in [7, 11) is 1.70. The molecule has 0 fully saturated rings. The number of nitrogens with one attached hydrogen (secondary N) is 2. The van der Waals surface area contributed by atoms with E-state index in [1.54, 1.807) is 7.11 Å². The van der Waals surface area contributed by atoms with Crippen LogP contribution in [-0.2, 0) is 0 Å². The molecule has 0 aliphatic carbocycles. The maximum absolute atomic E-state index is 5.39. The summed E-state index contributed by atoms with van der Waals surface area (Å²) in [5.74, 6) is 0.868. The molecule has 0 unspecified atom stereocenters. The zero-order valence-corrected chi connectivity index (χ0v) is 15.3. The first-order valence-corrected chi connectivity index (χ1v) is 9.14. The molecule has 1 aromatic carbocycles. The molecule has 2 aromatic rings. The van der Waals surface area contributed by atoms with Crippen molar-refractivity contribution in [3.63, 3.8) is 0 Å². The summed E-state index contributed by atoms with van der Waals surface area (Å²) < 4.78 is 5.39. The summed E-state index contributed by atoms with van der Waals surface area (Å²) in [6.45, 7) is 6.58. The van der Waals surface area contributed by atoms with Gasteiger partial charge in [0.2, 0.25) is 0 Å². The summed E-state index contributed by atoms with van der Waals surface area (Å²) in [5.41, 5.74) is 2.06. The third-order valence-electron chi connectivity index (χ3n) is 4.30. The lowest BCUT2D eigenvalue weighted by Crippen LogP contribution is -2.26. The van der Waals surface area contributed by atoms with Crippen LogP contribution in [0.5, 0.6) is 5.75 Å². The molecule has 132 valence electrons. The summed E-state index contributed by atoms with van der Waals surface area (Å²) >= 11 is 0. The number of hydrogen-bond acceptors (Lipinski definition) is 4. The highest BCUT2D eigenvalue weighted by molar-refractivity contribution is 5.91. The van der Waals surface area contributed by atoms with E-state index in [0.717, 1.165) is 41.9 Å². The average molecular weight is 329 g/mol. The number of nitrogens with zero attached hydrogens (tertiary/aromatic N) is 1. The minimum absolute atomic E-state index is 0.641. The third kappa shape index (κ3) is 5.68. The quantitative estimate of drug-likeness (QED) is 0.591. The van der Waals surface area contributed by atoms with Crippen LogP contribution >= 0.6 is 0 Å². The lowest BCUT2D eigenvalue weighted by Gasteiger charge is -2.13. The third-order valence-corrected chi connectivity index (χ3v) is 4.30. The van der Waals surface area contributed by atoms with E-state index in [-0.39, 0.29) is 0 Å². The second-order valence-electron chi connectivity index (χ2n) is 6.38. The van der Waals surface area contributed by atoms with Gasteiger partial charge in [-0.05, 0) is 44.9 Å². The second-order valence-corrected chi connectivity index (χ2v) is 6.38. The van der Waals surface area contributed by atoms with E-state index >= 15 is 0 Å². The van der Waals surface area contributed by atoms with Gasteiger partial charge < -0.3 is 15.4 Å². The van der Waals surface area contributed by atoms with Gasteiger partial charge >= 0.3 is 0 Å². The molecule has 0 spiro atoms. The molecule has 0 saturated carbocycles. The second kappa shape index (κ2) is 10.1. The Labute approximate surface area is 146 Å². The van der Waals surface area contributed by atoms with Gasteiger partial charge in [0, 0.05) is 30.2 Å². The molecule has 0 aliphatic heterocycles. The Bertz CT molecular complexity index is 615. The van der Waals surface area contributed by atoms with Crippen molar-refractivity contribution < 1.29 is 4.74 Å². The maximum Gasteiger partial charge on any atom is 0.121 e. The van der Waals surface area contributed by atoms with Gasteiger partial charge in [0.1, 0.15) is 5.75 Å². The van der Waals surface area contributed by atoms with Crippen LogP contribution in [0.2, 0.25) is 0 Å². The van der Waals surface area contributed by atoms with E-state index < -0.39 is 0 Å². The fraction of sp³-hybridized carbons (Fsp3) is 0.550. The number of pyridine rings is 1. The van der Waals surface area contributed by atoms with Crippen LogP contribution in [0.4, 0.5) is 5.69 Å². The molecule has 1 heterocycles. The first kappa shape index (κ1) is 18.5. The first-order valence-electron chi connectivity index (χ1n) is 9.14. The number of rotatable bonds is 11. The number of anilines is 1. The standard InChI is InChI=1S/C20H31N3O/c1-4-9-16(2)21-11-6-5-7-12-22-19-15-18(24-3)14-17-10-8-13-23-20(17)19/h8,10,13-16,21-22H,4-7,9,11-12H2,1-3H3/t16-/m0/s1. The number of benzene rings is 1. The van der Waals surface area contributed by atoms with Crippen molar-refractivity contribution in [2.24, 2.45) is 0 Å². The Morgan fingerprint density at radius 2 is 2.00 bits per heavy atom. The van der Waals surface area contributed by atoms with Crippen LogP contribution in [-0.4, -0.2) is 31.2 Å². The Morgan fingerprint density at radius 3 is 2.79 bits per heavy atom. The molecule has 1 aromatic heterocycles. The number of ether oxygens (including phenoxy) is 1. The normalized spacial score (nSPS) is 12.3. The van der Waals surface area contributed by atoms with E-state index in [1.165, 1.54) is 25.7 Å². The van der Waals surface area contributed by atoms with Crippen molar-refractivity contribution in [2.75, 3.05) is 25.5 Å². The zero-order valence-electron chi connectivity index (χ0n) is 15.3. The lowest BCUT2D eigenvalue weighted by atomic mass is 10.1. The van der Waals surface area contributed by atoms with Crippen LogP contribution in [0, 0.1) is 0 Å². The molecule has 0 aliphatic rings. The van der Waals surface area contributed by atoms with Crippen molar-refractivity contribution in [3.05, 3.63) is 30.5 Å². The van der Waals surface area contributed by atoms with Crippen LogP contribution in [0.1, 0.15) is 46.0 Å². The van der Waals surface area contributed by atoms with E-state index in [2.05, 4.69) is 35.5 Å². The smallest absolute Gasteiger partial charge is 0.121 e. The topological polar surface area (TPSA) is 46.2 Å². The summed E-state index contributed by atoms with van der Waals surface area (Å²) in [5, 5.41) is 8.21. The molecule has 0 saturated heterocycles. The Morgan fingerprint density at radius 1 is 1.17 bits per heavy atom. The van der Waals surface area contributed by atoms with Gasteiger partial charge in [-0.1, -0.05) is 25.8 Å². The molecule has 24 heavy (non-hydrogen) atoms. The van der Waals surface area contributed by atoms with E-state index in [4.69, 9.17) is 4.74 Å². The Kier molecular flexibility index (Phi) is 7.83. The van der Waals surface area contributed by atoms with E-state index in [0.29, 0.717) is 6.04 Å². The molecular weight excluding hydrogens is 298 g/mol. The van der Waals surface area contributed by atoms with Gasteiger partial charge in [-0.3, -0.25) is 4.98 Å². The first-order chi connectivity index (χ1) is 11.7. The molecular formula is C20H31N3O. The van der Waals surface area contributed by atoms with Crippen molar-refractivity contribution in [1.29, 1.82) is 0 Å². The molecule has 1 atom stereocenters. The number of aromatic nitrogens is 1. The van der Waals surface area contributed by atoms with Crippen molar-refractivity contribution >= 4 is 16.6 Å². The molecule has 0 bridgehead atoms. The van der Waals surface area contributed by atoms with E-state index in [9.17, 15) is 0 Å². The van der Waals surface area contributed by atoms with Gasteiger partial charge in [-0.2, -0.15) is 0 Å². The number of hydrogen-bond donors (Lipinski definition) is 2. The monoisotopic (exact) mass is 329 g/mol. The molecule has 2 rings (SSSR count). The molecule has 0 radical (unpaired) electrons. The lowest BCUT2D eigenvalue weighted by molar-refractivity contribution is 0.415. The van der Waals surface area contributed by atoms with Crippen LogP contribution in [0.25, 0.3) is 10.9 Å². The number of unbranched alkanes of at least 4 members (excludes halogenated alkanes) is 2. The minimum atomic E-state index is 0.641. The van der Waals surface area contributed by atoms with Crippen molar-refractivity contribution in [2.45, 2.75) is 52.0 Å². The summed E-state index contributed by atoms with van der Waals surface area (Å²) in [6.07, 6.45) is 7.97. The largest absolute Gasteiger partial charge is 0.497 e. The number of fused-ring (bicyclic) bond motifs is 1. The van der Waals surface area contributed by atoms with Crippen LogP contribution < -0.4 is 15.4 Å². The Balaban J connectivity index is 1.75. The Hall–Kier alpha value is -1.81. The zero-order chi connectivity index (χ0) is 17.2. The summed E-state index contributed by atoms with van der Waals surface area (Å²) in [4.78, 5) is 4.49. The SMILES string of the molecule is CCC[C@H](C)NCCCCCNc1cc(OC)cc2cccnc12. The van der Waals surface area contributed by atoms with Gasteiger partial charge in [-0.15, -0.1) is 0 Å². The van der Waals surface area contributed by atoms with Crippen molar-refractivity contribution in [1.82, 2.24) is 10.3 Å². The predicted octanol–water partition coefficient (Wildman–Crippen LogP) is 4.60. The highest BCUT2D eigenvalue weighted by Crippen LogP contribution is 2.27. The molecule has 4 nitrogen and oxygen atoms in total. The van der Waals surface area contributed by atoms with Crippen molar-refractivity contribution in [3.8, 4) is 5.75 Å². The summed E-state index contributed by atoms with van der Waals surface area (Å²) in [6, 6.07) is 8.72. The van der Waals surface area contributed by atoms with Crippen LogP contribution in [0.15, 0.2) is 30.5 Å². The fourth-order valence-corrected chi connectivity index (χ4v) is 2.95. The molecule has 4 heteroatoms. The maximum atomic E-state index is 5.39. The highest BCUT2D eigenvalue weighted by Gasteiger charge is 2.05. The van der Waals surface area contributed by atoms with Gasteiger partial charge in [0.25, 0.3) is 0 Å². The van der Waals surface area contributed by atoms with Gasteiger partial charge in [0.05, 0.1) is 18.3 Å². The fourth-order valence-electron chi connectivity index (χ4n) is 2.95. The molecule has 0 amide bonds. The van der Waals surface area contributed by atoms with Gasteiger partial charge in [-0.25, -0.2) is 0 Å². The van der Waals surface area contributed by atoms with Gasteiger partial charge in [0.15, 0.2) is 0 Å². The molecule has 2 N–H and O–H groups in total. The number of methoxy groups -OCH3 is 1.